The molecule has 0 unspecified atom stereocenters. The molecular formula is C15H19BrN4OS. The molecule has 0 spiro atoms. The van der Waals surface area contributed by atoms with Gasteiger partial charge in [-0.25, -0.2) is 0 Å². The summed E-state index contributed by atoms with van der Waals surface area (Å²) < 4.78 is 9.16. The number of hydrogen-bond acceptors (Lipinski definition) is 4. The van der Waals surface area contributed by atoms with Gasteiger partial charge >= 0.3 is 0 Å². The molecule has 1 N–H and O–H groups in total. The van der Waals surface area contributed by atoms with Gasteiger partial charge in [0.05, 0.1) is 13.2 Å². The van der Waals surface area contributed by atoms with Gasteiger partial charge < -0.3 is 9.30 Å². The van der Waals surface area contributed by atoms with Crippen molar-refractivity contribution in [1.82, 2.24) is 19.7 Å². The number of H-pyrrole nitrogens is 1. The van der Waals surface area contributed by atoms with Gasteiger partial charge in [0.25, 0.3) is 0 Å². The van der Waals surface area contributed by atoms with Crippen LogP contribution in [0.3, 0.4) is 0 Å². The second-order valence-corrected chi connectivity index (χ2v) is 6.53. The number of nitrogens with zero attached hydrogens (tertiary/aromatic N) is 3. The van der Waals surface area contributed by atoms with Crippen molar-refractivity contribution in [3.63, 3.8) is 0 Å². The molecule has 3 rings (SSSR count). The van der Waals surface area contributed by atoms with Crippen LogP contribution in [0.5, 0.6) is 0 Å². The highest BCUT2D eigenvalue weighted by Crippen LogP contribution is 2.26. The van der Waals surface area contributed by atoms with Crippen LogP contribution in [-0.4, -0.2) is 52.5 Å². The molecule has 1 aromatic heterocycles. The number of aromatic amines is 1. The van der Waals surface area contributed by atoms with Gasteiger partial charge in [-0.05, 0) is 24.7 Å². The molecule has 22 heavy (non-hydrogen) atoms. The summed E-state index contributed by atoms with van der Waals surface area (Å²) in [5.41, 5.74) is 1.06. The molecule has 1 aromatic carbocycles. The van der Waals surface area contributed by atoms with Crippen LogP contribution in [0, 0.1) is 4.77 Å². The third-order valence-electron chi connectivity index (χ3n) is 3.83. The van der Waals surface area contributed by atoms with Crippen molar-refractivity contribution in [2.45, 2.75) is 13.0 Å². The maximum Gasteiger partial charge on any atom is 0.195 e. The fourth-order valence-corrected chi connectivity index (χ4v) is 3.34. The first-order chi connectivity index (χ1) is 10.8. The lowest BCUT2D eigenvalue weighted by atomic mass is 10.2. The Morgan fingerprint density at radius 1 is 1.23 bits per heavy atom. The van der Waals surface area contributed by atoms with Crippen LogP contribution in [0.1, 0.15) is 6.42 Å². The minimum atomic E-state index is 0.674. The zero-order valence-electron chi connectivity index (χ0n) is 12.3. The van der Waals surface area contributed by atoms with Crippen molar-refractivity contribution in [2.24, 2.45) is 0 Å². The molecule has 1 aliphatic rings. The van der Waals surface area contributed by atoms with Gasteiger partial charge in [-0.3, -0.25) is 10.00 Å². The van der Waals surface area contributed by atoms with Crippen LogP contribution >= 0.6 is 28.1 Å². The van der Waals surface area contributed by atoms with Gasteiger partial charge in [0.1, 0.15) is 0 Å². The average Bonchev–Trinajstić information content (AvgIpc) is 2.90. The Labute approximate surface area is 143 Å². The second kappa shape index (κ2) is 7.50. The minimum Gasteiger partial charge on any atom is -0.379 e. The lowest BCUT2D eigenvalue weighted by molar-refractivity contribution is 0.0369. The van der Waals surface area contributed by atoms with E-state index < -0.39 is 0 Å². The summed E-state index contributed by atoms with van der Waals surface area (Å²) in [6.45, 7) is 5.65. The fourth-order valence-electron chi connectivity index (χ4n) is 2.65. The van der Waals surface area contributed by atoms with Crippen molar-refractivity contribution in [3.05, 3.63) is 33.5 Å². The highest BCUT2D eigenvalue weighted by Gasteiger charge is 2.13. The summed E-state index contributed by atoms with van der Waals surface area (Å²) >= 11 is 8.97. The van der Waals surface area contributed by atoms with Crippen molar-refractivity contribution < 1.29 is 4.74 Å². The average molecular weight is 383 g/mol. The van der Waals surface area contributed by atoms with Crippen molar-refractivity contribution >= 4 is 28.1 Å². The molecule has 1 saturated heterocycles. The summed E-state index contributed by atoms with van der Waals surface area (Å²) in [4.78, 5) is 2.44. The number of nitrogens with one attached hydrogen (secondary N) is 1. The maximum absolute atomic E-state index is 5.38. The number of halogens is 1. The van der Waals surface area contributed by atoms with Crippen LogP contribution in [0.2, 0.25) is 0 Å². The number of ether oxygens (including phenoxy) is 1. The van der Waals surface area contributed by atoms with E-state index in [4.69, 9.17) is 17.0 Å². The van der Waals surface area contributed by atoms with E-state index in [9.17, 15) is 0 Å². The molecular weight excluding hydrogens is 364 g/mol. The lowest BCUT2D eigenvalue weighted by Gasteiger charge is -2.26. The third kappa shape index (κ3) is 3.65. The van der Waals surface area contributed by atoms with Gasteiger partial charge in [-0.1, -0.05) is 34.1 Å². The van der Waals surface area contributed by atoms with Crippen LogP contribution in [-0.2, 0) is 11.3 Å². The molecule has 5 nitrogen and oxygen atoms in total. The smallest absolute Gasteiger partial charge is 0.195 e. The Balaban J connectivity index is 1.70. The van der Waals surface area contributed by atoms with E-state index in [2.05, 4.69) is 35.6 Å². The van der Waals surface area contributed by atoms with E-state index >= 15 is 0 Å². The highest BCUT2D eigenvalue weighted by atomic mass is 79.9. The van der Waals surface area contributed by atoms with E-state index in [1.54, 1.807) is 0 Å². The van der Waals surface area contributed by atoms with Crippen LogP contribution in [0.15, 0.2) is 28.7 Å². The summed E-state index contributed by atoms with van der Waals surface area (Å²) in [5, 5.41) is 7.31. The standard InChI is InChI=1S/C15H19BrN4OS/c16-13-5-2-1-4-12(13)14-17-18-15(22)20(14)7-3-6-19-8-10-21-11-9-19/h1-2,4-5H,3,6-11H2,(H,18,22). The first-order valence-electron chi connectivity index (χ1n) is 7.46. The number of rotatable bonds is 5. The Bertz CT molecular complexity index is 678. The summed E-state index contributed by atoms with van der Waals surface area (Å²) in [5.74, 6) is 0.888. The molecule has 2 heterocycles. The SMILES string of the molecule is S=c1[nH]nc(-c2ccccc2Br)n1CCCN1CCOCC1. The van der Waals surface area contributed by atoms with Gasteiger partial charge in [0.2, 0.25) is 0 Å². The van der Waals surface area contributed by atoms with E-state index in [1.807, 2.05) is 24.3 Å². The molecule has 7 heteroatoms. The first-order valence-corrected chi connectivity index (χ1v) is 8.66. The minimum absolute atomic E-state index is 0.674. The largest absolute Gasteiger partial charge is 0.379 e. The van der Waals surface area contributed by atoms with Crippen molar-refractivity contribution in [2.75, 3.05) is 32.8 Å². The van der Waals surface area contributed by atoms with Gasteiger partial charge in [0.15, 0.2) is 10.6 Å². The van der Waals surface area contributed by atoms with Crippen molar-refractivity contribution in [1.29, 1.82) is 0 Å². The maximum atomic E-state index is 5.38. The molecule has 118 valence electrons. The number of benzene rings is 1. The van der Waals surface area contributed by atoms with E-state index in [0.29, 0.717) is 4.77 Å². The number of aromatic nitrogens is 3. The van der Waals surface area contributed by atoms with E-state index in [1.165, 1.54) is 0 Å². The number of hydrogen-bond donors (Lipinski definition) is 1. The summed E-state index contributed by atoms with van der Waals surface area (Å²) in [7, 11) is 0. The molecule has 0 bridgehead atoms. The Kier molecular flexibility index (Phi) is 5.41. The normalized spacial score (nSPS) is 16.0. The fraction of sp³-hybridized carbons (Fsp3) is 0.467. The molecule has 0 radical (unpaired) electrons. The van der Waals surface area contributed by atoms with Gasteiger partial charge in [-0.2, -0.15) is 5.10 Å². The van der Waals surface area contributed by atoms with Crippen LogP contribution in [0.25, 0.3) is 11.4 Å². The highest BCUT2D eigenvalue weighted by molar-refractivity contribution is 9.10. The van der Waals surface area contributed by atoms with Crippen LogP contribution < -0.4 is 0 Å². The van der Waals surface area contributed by atoms with E-state index in [0.717, 1.165) is 61.7 Å². The molecule has 2 aromatic rings. The molecule has 0 aliphatic carbocycles. The third-order valence-corrected chi connectivity index (χ3v) is 4.84. The van der Waals surface area contributed by atoms with Crippen molar-refractivity contribution in [3.8, 4) is 11.4 Å². The molecule has 1 aliphatic heterocycles. The van der Waals surface area contributed by atoms with E-state index in [-0.39, 0.29) is 0 Å². The first kappa shape index (κ1) is 15.9. The lowest BCUT2D eigenvalue weighted by Crippen LogP contribution is -2.37. The monoisotopic (exact) mass is 382 g/mol. The molecule has 0 atom stereocenters. The molecule has 0 saturated carbocycles. The van der Waals surface area contributed by atoms with Gasteiger partial charge in [-0.15, -0.1) is 0 Å². The van der Waals surface area contributed by atoms with Crippen LogP contribution in [0.4, 0.5) is 0 Å². The zero-order valence-corrected chi connectivity index (χ0v) is 14.7. The number of morpholine rings is 1. The molecule has 1 fully saturated rings. The molecule has 0 amide bonds. The Morgan fingerprint density at radius 2 is 2.00 bits per heavy atom. The summed E-state index contributed by atoms with van der Waals surface area (Å²) in [6, 6.07) is 8.08. The Morgan fingerprint density at radius 3 is 2.77 bits per heavy atom. The van der Waals surface area contributed by atoms with Gasteiger partial charge in [0, 0.05) is 36.2 Å². The second-order valence-electron chi connectivity index (χ2n) is 5.29. The Hall–Kier alpha value is -1.02. The summed E-state index contributed by atoms with van der Waals surface area (Å²) in [6.07, 6.45) is 1.05. The quantitative estimate of drug-likeness (QED) is 0.807. The predicted octanol–water partition coefficient (Wildman–Crippen LogP) is 3.09. The zero-order chi connectivity index (χ0) is 15.4. The topological polar surface area (TPSA) is 46.1 Å². The predicted molar refractivity (Wildman–Crippen MR) is 92.4 cm³/mol.